The van der Waals surface area contributed by atoms with E-state index in [1.807, 2.05) is 4.90 Å². The summed E-state index contributed by atoms with van der Waals surface area (Å²) in [6, 6.07) is -0.730. The Hall–Kier alpha value is -1.67. The second kappa shape index (κ2) is 14.4. The Kier molecular flexibility index (Phi) is 12.6. The number of aliphatic hydroxyl groups is 3. The molecule has 0 aromatic carbocycles. The molecule has 12 nitrogen and oxygen atoms in total. The number of rotatable bonds is 10. The molecular weight excluding hydrogens is 400 g/mol. The van der Waals surface area contributed by atoms with Gasteiger partial charge in [-0.15, -0.1) is 0 Å². The van der Waals surface area contributed by atoms with Crippen LogP contribution in [0.5, 0.6) is 0 Å². The van der Waals surface area contributed by atoms with Gasteiger partial charge in [0, 0.05) is 52.4 Å². The maximum absolute atomic E-state index is 11.2. The molecule has 5 N–H and O–H groups in total. The summed E-state index contributed by atoms with van der Waals surface area (Å²) in [5.74, 6) is -1.99. The number of aldehydes is 1. The van der Waals surface area contributed by atoms with E-state index in [0.29, 0.717) is 52.4 Å². The molecule has 2 atom stereocenters. The molecule has 0 radical (unpaired) electrons. The molecule has 1 heterocycles. The van der Waals surface area contributed by atoms with Gasteiger partial charge in [-0.3, -0.25) is 29.2 Å². The molecule has 1 rings (SSSR count). The molecule has 0 aliphatic carbocycles. The number of carbonyl (C=O) groups is 3. The summed E-state index contributed by atoms with van der Waals surface area (Å²) in [5.41, 5.74) is 0. The van der Waals surface area contributed by atoms with Crippen LogP contribution >= 0.6 is 0 Å². The lowest BCUT2D eigenvalue weighted by Gasteiger charge is -2.37. The molecule has 30 heavy (non-hydrogen) atoms. The highest BCUT2D eigenvalue weighted by Gasteiger charge is 2.27. The van der Waals surface area contributed by atoms with E-state index in [2.05, 4.69) is 0 Å². The number of aliphatic hydroxyl groups excluding tert-OH is 3. The molecule has 0 saturated carbocycles. The molecule has 0 aromatic rings. The molecule has 0 amide bonds. The smallest absolute Gasteiger partial charge is 0.317 e. The highest BCUT2D eigenvalue weighted by molar-refractivity contribution is 5.69. The van der Waals surface area contributed by atoms with Crippen molar-refractivity contribution < 1.29 is 39.9 Å². The number of carboxylic acid groups (broad SMARTS) is 2. The number of hydrogen-bond acceptors (Lipinski definition) is 10. The maximum Gasteiger partial charge on any atom is 0.317 e. The van der Waals surface area contributed by atoms with Crippen molar-refractivity contribution in [3.8, 4) is 0 Å². The third-order valence-corrected chi connectivity index (χ3v) is 5.21. The minimum absolute atomic E-state index is 0.159. The number of hydrogen-bond donors (Lipinski definition) is 5. The number of nitrogens with zero attached hydrogens (tertiary/aromatic N) is 4. The first-order chi connectivity index (χ1) is 14.3. The van der Waals surface area contributed by atoms with Crippen molar-refractivity contribution >= 4 is 18.2 Å². The first-order valence-electron chi connectivity index (χ1n) is 9.98. The quantitative estimate of drug-likeness (QED) is 0.214. The fraction of sp³-hybridized carbons (Fsp3) is 0.833. The SMILES string of the molecule is O=CCN1CCN(CC(=O)O)CCN(CC(=O)O)CCN([C@H](CO)[C@H](O)CO)CC1. The molecule has 1 aliphatic heterocycles. The first-order valence-corrected chi connectivity index (χ1v) is 9.98. The summed E-state index contributed by atoms with van der Waals surface area (Å²) in [6.07, 6.45) is -0.403. The van der Waals surface area contributed by atoms with Crippen LogP contribution in [0.2, 0.25) is 0 Å². The van der Waals surface area contributed by atoms with Gasteiger partial charge in [0.05, 0.1) is 45.0 Å². The Bertz CT molecular complexity index is 538. The molecule has 1 aliphatic rings. The summed E-state index contributed by atoms with van der Waals surface area (Å²) in [5, 5.41) is 47.4. The lowest BCUT2D eigenvalue weighted by molar-refractivity contribution is -0.140. The largest absolute Gasteiger partial charge is 0.480 e. The van der Waals surface area contributed by atoms with E-state index >= 15 is 0 Å². The lowest BCUT2D eigenvalue weighted by Crippen LogP contribution is -2.54. The number of carboxylic acids is 2. The number of carbonyl (C=O) groups excluding carboxylic acids is 1. The Balaban J connectivity index is 3.01. The maximum atomic E-state index is 11.2. The zero-order valence-electron chi connectivity index (χ0n) is 17.2. The highest BCUT2D eigenvalue weighted by atomic mass is 16.4. The van der Waals surface area contributed by atoms with Crippen molar-refractivity contribution in [1.82, 2.24) is 19.6 Å². The van der Waals surface area contributed by atoms with Gasteiger partial charge in [-0.05, 0) is 0 Å². The number of aliphatic carboxylic acids is 2. The average molecular weight is 434 g/mol. The van der Waals surface area contributed by atoms with Crippen LogP contribution in [-0.4, -0.2) is 161 Å². The molecule has 0 unspecified atom stereocenters. The lowest BCUT2D eigenvalue weighted by atomic mass is 10.1. The molecule has 0 bridgehead atoms. The normalized spacial score (nSPS) is 21.3. The second-order valence-electron chi connectivity index (χ2n) is 7.34. The van der Waals surface area contributed by atoms with E-state index in [1.165, 1.54) is 0 Å². The summed E-state index contributed by atoms with van der Waals surface area (Å²) in [6.45, 7) is 1.77. The van der Waals surface area contributed by atoms with Gasteiger partial charge >= 0.3 is 11.9 Å². The van der Waals surface area contributed by atoms with Gasteiger partial charge in [0.1, 0.15) is 6.29 Å². The zero-order chi connectivity index (χ0) is 22.5. The average Bonchev–Trinajstić information content (AvgIpc) is 2.68. The Morgan fingerprint density at radius 2 is 1.20 bits per heavy atom. The van der Waals surface area contributed by atoms with E-state index in [4.69, 9.17) is 5.11 Å². The van der Waals surface area contributed by atoms with Gasteiger partial charge < -0.3 is 30.3 Å². The predicted octanol–water partition coefficient (Wildman–Crippen LogP) is -3.71. The molecule has 174 valence electrons. The van der Waals surface area contributed by atoms with E-state index < -0.39 is 30.7 Å². The molecule has 12 heteroatoms. The van der Waals surface area contributed by atoms with Crippen LogP contribution in [0.3, 0.4) is 0 Å². The third kappa shape index (κ3) is 9.89. The van der Waals surface area contributed by atoms with Gasteiger partial charge in [-0.2, -0.15) is 0 Å². The van der Waals surface area contributed by atoms with E-state index in [9.17, 15) is 34.8 Å². The highest BCUT2D eigenvalue weighted by Crippen LogP contribution is 2.08. The van der Waals surface area contributed by atoms with Crippen LogP contribution in [0, 0.1) is 0 Å². The topological polar surface area (TPSA) is 165 Å². The second-order valence-corrected chi connectivity index (χ2v) is 7.34. The van der Waals surface area contributed by atoms with Crippen molar-refractivity contribution in [2.45, 2.75) is 12.1 Å². The summed E-state index contributed by atoms with van der Waals surface area (Å²) < 4.78 is 0. The Morgan fingerprint density at radius 3 is 1.60 bits per heavy atom. The van der Waals surface area contributed by atoms with Crippen LogP contribution in [0.4, 0.5) is 0 Å². The van der Waals surface area contributed by atoms with Crippen LogP contribution < -0.4 is 0 Å². The molecule has 0 spiro atoms. The van der Waals surface area contributed by atoms with Crippen LogP contribution in [0.1, 0.15) is 0 Å². The van der Waals surface area contributed by atoms with E-state index in [-0.39, 0.29) is 26.2 Å². The van der Waals surface area contributed by atoms with Gasteiger partial charge in [0.2, 0.25) is 0 Å². The van der Waals surface area contributed by atoms with Gasteiger partial charge in [-0.1, -0.05) is 0 Å². The van der Waals surface area contributed by atoms with Crippen LogP contribution in [0.25, 0.3) is 0 Å². The van der Waals surface area contributed by atoms with E-state index in [1.54, 1.807) is 14.7 Å². The summed E-state index contributed by atoms with van der Waals surface area (Å²) in [7, 11) is 0. The van der Waals surface area contributed by atoms with Crippen molar-refractivity contribution in [2.75, 3.05) is 85.2 Å². The molecule has 1 fully saturated rings. The Labute approximate surface area is 175 Å². The van der Waals surface area contributed by atoms with Crippen molar-refractivity contribution in [2.24, 2.45) is 0 Å². The zero-order valence-corrected chi connectivity index (χ0v) is 17.2. The fourth-order valence-corrected chi connectivity index (χ4v) is 3.47. The first kappa shape index (κ1) is 26.4. The van der Waals surface area contributed by atoms with E-state index in [0.717, 1.165) is 6.29 Å². The van der Waals surface area contributed by atoms with Crippen LogP contribution in [0.15, 0.2) is 0 Å². The molecule has 0 aromatic heterocycles. The van der Waals surface area contributed by atoms with Crippen molar-refractivity contribution in [3.63, 3.8) is 0 Å². The Morgan fingerprint density at radius 1 is 0.767 bits per heavy atom. The molecule has 1 saturated heterocycles. The van der Waals surface area contributed by atoms with Crippen molar-refractivity contribution in [1.29, 1.82) is 0 Å². The van der Waals surface area contributed by atoms with Gasteiger partial charge in [0.25, 0.3) is 0 Å². The predicted molar refractivity (Wildman–Crippen MR) is 106 cm³/mol. The third-order valence-electron chi connectivity index (χ3n) is 5.21. The fourth-order valence-electron chi connectivity index (χ4n) is 3.47. The molecular formula is C18H34N4O8. The minimum Gasteiger partial charge on any atom is -0.480 e. The van der Waals surface area contributed by atoms with Crippen LogP contribution in [-0.2, 0) is 14.4 Å². The minimum atomic E-state index is -1.17. The van der Waals surface area contributed by atoms with Gasteiger partial charge in [-0.25, -0.2) is 0 Å². The monoisotopic (exact) mass is 434 g/mol. The van der Waals surface area contributed by atoms with Gasteiger partial charge in [0.15, 0.2) is 0 Å². The summed E-state index contributed by atoms with van der Waals surface area (Å²) in [4.78, 5) is 40.4. The summed E-state index contributed by atoms with van der Waals surface area (Å²) >= 11 is 0. The van der Waals surface area contributed by atoms with Crippen molar-refractivity contribution in [3.05, 3.63) is 0 Å². The standard InChI is InChI=1S/C18H34N4O8/c23-10-9-19-1-2-20(11-17(27)28)3-4-21(12-18(29)30)6-8-22(7-5-19)15(13-24)16(26)14-25/h10,15-16,24-26H,1-9,11-14H2,(H,27,28)(H,29,30)/t15-,16-/m1/s1.